The second kappa shape index (κ2) is 10.8. The van der Waals surface area contributed by atoms with Gasteiger partial charge in [0, 0.05) is 58.4 Å². The number of aryl methyl sites for hydroxylation is 1. The quantitative estimate of drug-likeness (QED) is 0.594. The van der Waals surface area contributed by atoms with E-state index in [0.717, 1.165) is 44.0 Å². The van der Waals surface area contributed by atoms with Crippen molar-refractivity contribution in [3.8, 4) is 0 Å². The van der Waals surface area contributed by atoms with Crippen molar-refractivity contribution in [2.24, 2.45) is 0 Å². The molecule has 0 saturated carbocycles. The fraction of sp³-hybridized carbons (Fsp3) is 0.478. The number of pyridine rings is 1. The van der Waals surface area contributed by atoms with Crippen LogP contribution in [0.25, 0.3) is 0 Å². The molecule has 8 heteroatoms. The summed E-state index contributed by atoms with van der Waals surface area (Å²) in [5.41, 5.74) is 2.02. The first kappa shape index (κ1) is 23.4. The topological polar surface area (TPSA) is 73.8 Å². The molecule has 7 nitrogen and oxygen atoms in total. The molecule has 0 aliphatic carbocycles. The summed E-state index contributed by atoms with van der Waals surface area (Å²) in [6.07, 6.45) is 2.85. The molecule has 3 rings (SSSR count). The van der Waals surface area contributed by atoms with E-state index < -0.39 is 10.0 Å². The van der Waals surface area contributed by atoms with Gasteiger partial charge in [0.15, 0.2) is 0 Å². The van der Waals surface area contributed by atoms with Crippen molar-refractivity contribution in [1.82, 2.24) is 19.1 Å². The third-order valence-electron chi connectivity index (χ3n) is 5.73. The minimum absolute atomic E-state index is 0.150. The highest BCUT2D eigenvalue weighted by atomic mass is 32.2. The maximum atomic E-state index is 12.6. The fourth-order valence-electron chi connectivity index (χ4n) is 3.83. The first-order valence-electron chi connectivity index (χ1n) is 10.9. The van der Waals surface area contributed by atoms with E-state index in [9.17, 15) is 13.2 Å². The van der Waals surface area contributed by atoms with Crippen molar-refractivity contribution in [3.63, 3.8) is 0 Å². The zero-order chi connectivity index (χ0) is 22.3. The molecule has 31 heavy (non-hydrogen) atoms. The van der Waals surface area contributed by atoms with Crippen LogP contribution >= 0.6 is 0 Å². The summed E-state index contributed by atoms with van der Waals surface area (Å²) >= 11 is 0. The number of piperazine rings is 1. The summed E-state index contributed by atoms with van der Waals surface area (Å²) in [5, 5.41) is 0. The lowest BCUT2D eigenvalue weighted by atomic mass is 10.1. The van der Waals surface area contributed by atoms with Crippen LogP contribution in [0.4, 0.5) is 0 Å². The Morgan fingerprint density at radius 2 is 1.68 bits per heavy atom. The maximum absolute atomic E-state index is 12.6. The van der Waals surface area contributed by atoms with Crippen molar-refractivity contribution < 1.29 is 13.2 Å². The molecule has 0 spiro atoms. The number of aromatic nitrogens is 1. The van der Waals surface area contributed by atoms with Crippen LogP contribution in [0.2, 0.25) is 0 Å². The average molecular weight is 445 g/mol. The monoisotopic (exact) mass is 444 g/mol. The van der Waals surface area contributed by atoms with Crippen molar-refractivity contribution in [3.05, 3.63) is 59.9 Å². The molecule has 0 radical (unpaired) electrons. The summed E-state index contributed by atoms with van der Waals surface area (Å²) in [4.78, 5) is 21.5. The minimum atomic E-state index is -3.45. The van der Waals surface area contributed by atoms with Gasteiger partial charge >= 0.3 is 0 Å². The van der Waals surface area contributed by atoms with Crippen LogP contribution in [0, 0.1) is 0 Å². The summed E-state index contributed by atoms with van der Waals surface area (Å²) < 4.78 is 26.6. The van der Waals surface area contributed by atoms with Gasteiger partial charge in [-0.15, -0.1) is 0 Å². The number of hydrogen-bond acceptors (Lipinski definition) is 5. The first-order valence-corrected chi connectivity index (χ1v) is 12.4. The second-order valence-corrected chi connectivity index (χ2v) is 9.65. The number of amides is 1. The maximum Gasteiger partial charge on any atom is 0.243 e. The molecule has 1 saturated heterocycles. The van der Waals surface area contributed by atoms with Gasteiger partial charge in [0.25, 0.3) is 0 Å². The van der Waals surface area contributed by atoms with Crippen LogP contribution in [0.1, 0.15) is 31.5 Å². The number of hydrogen-bond donors (Lipinski definition) is 0. The van der Waals surface area contributed by atoms with Crippen molar-refractivity contribution in [1.29, 1.82) is 0 Å². The van der Waals surface area contributed by atoms with Gasteiger partial charge in [-0.25, -0.2) is 8.42 Å². The van der Waals surface area contributed by atoms with E-state index in [4.69, 9.17) is 0 Å². The molecule has 1 aromatic carbocycles. The number of sulfonamides is 1. The molecular weight excluding hydrogens is 412 g/mol. The smallest absolute Gasteiger partial charge is 0.243 e. The minimum Gasteiger partial charge on any atom is -0.340 e. The number of carbonyl (C=O) groups is 1. The Balaban J connectivity index is 1.47. The highest BCUT2D eigenvalue weighted by Gasteiger charge is 2.22. The van der Waals surface area contributed by atoms with Crippen LogP contribution in [0.15, 0.2) is 53.6 Å². The molecule has 1 aliphatic rings. The Bertz CT molecular complexity index is 937. The standard InChI is InChI=1S/C23H32N4O3S/c1-3-27(4-2)31(29,30)22-11-8-20(9-12-22)10-13-23(28)26-17-15-25(16-18-26)19-21-7-5-6-14-24-21/h5-9,11-12,14H,3-4,10,13,15-19H2,1-2H3. The largest absolute Gasteiger partial charge is 0.340 e. The van der Waals surface area contributed by atoms with E-state index in [0.29, 0.717) is 30.8 Å². The number of nitrogens with zero attached hydrogens (tertiary/aromatic N) is 4. The molecule has 2 aromatic rings. The van der Waals surface area contributed by atoms with Crippen LogP contribution in [0.5, 0.6) is 0 Å². The van der Waals surface area contributed by atoms with Crippen molar-refractivity contribution in [2.75, 3.05) is 39.3 Å². The van der Waals surface area contributed by atoms with E-state index in [1.807, 2.05) is 49.1 Å². The molecule has 0 unspecified atom stereocenters. The van der Waals surface area contributed by atoms with E-state index in [1.54, 1.807) is 18.3 Å². The summed E-state index contributed by atoms with van der Waals surface area (Å²) in [6, 6.07) is 12.8. The Hall–Kier alpha value is -2.29. The fourth-order valence-corrected chi connectivity index (χ4v) is 5.28. The number of rotatable bonds is 9. The SMILES string of the molecule is CCN(CC)S(=O)(=O)c1ccc(CCC(=O)N2CCN(Cc3ccccn3)CC2)cc1. The molecule has 1 fully saturated rings. The zero-order valence-electron chi connectivity index (χ0n) is 18.4. The molecule has 1 aliphatic heterocycles. The average Bonchev–Trinajstić information content (AvgIpc) is 2.79. The highest BCUT2D eigenvalue weighted by Crippen LogP contribution is 2.17. The summed E-state index contributed by atoms with van der Waals surface area (Å²) in [5.74, 6) is 0.150. The normalized spacial score (nSPS) is 15.4. The van der Waals surface area contributed by atoms with Crippen LogP contribution in [-0.2, 0) is 27.8 Å². The van der Waals surface area contributed by atoms with Crippen molar-refractivity contribution in [2.45, 2.75) is 38.1 Å². The third-order valence-corrected chi connectivity index (χ3v) is 7.79. The van der Waals surface area contributed by atoms with Gasteiger partial charge in [0.1, 0.15) is 0 Å². The first-order chi connectivity index (χ1) is 14.9. The van der Waals surface area contributed by atoms with E-state index >= 15 is 0 Å². The molecular formula is C23H32N4O3S. The summed E-state index contributed by atoms with van der Waals surface area (Å²) in [7, 11) is -3.45. The molecule has 1 aromatic heterocycles. The van der Waals surface area contributed by atoms with Gasteiger partial charge in [-0.05, 0) is 36.2 Å². The van der Waals surface area contributed by atoms with Gasteiger partial charge in [0.2, 0.25) is 15.9 Å². The van der Waals surface area contributed by atoms with Crippen LogP contribution in [-0.4, -0.2) is 72.7 Å². The van der Waals surface area contributed by atoms with Crippen LogP contribution in [0.3, 0.4) is 0 Å². The molecule has 1 amide bonds. The molecule has 0 bridgehead atoms. The predicted molar refractivity (Wildman–Crippen MR) is 121 cm³/mol. The Kier molecular flexibility index (Phi) is 8.17. The van der Waals surface area contributed by atoms with Crippen molar-refractivity contribution >= 4 is 15.9 Å². The van der Waals surface area contributed by atoms with Gasteiger partial charge in [0.05, 0.1) is 10.6 Å². The molecule has 0 N–H and O–H groups in total. The Labute approximate surface area is 185 Å². The van der Waals surface area contributed by atoms with Crippen LogP contribution < -0.4 is 0 Å². The lowest BCUT2D eigenvalue weighted by Gasteiger charge is -2.34. The van der Waals surface area contributed by atoms with E-state index in [1.165, 1.54) is 4.31 Å². The predicted octanol–water partition coefficient (Wildman–Crippen LogP) is 2.39. The molecule has 0 atom stereocenters. The van der Waals surface area contributed by atoms with Gasteiger partial charge in [-0.2, -0.15) is 4.31 Å². The van der Waals surface area contributed by atoms with E-state index in [2.05, 4.69) is 9.88 Å². The van der Waals surface area contributed by atoms with Gasteiger partial charge in [-0.3, -0.25) is 14.7 Å². The van der Waals surface area contributed by atoms with Gasteiger partial charge in [-0.1, -0.05) is 32.0 Å². The second-order valence-electron chi connectivity index (χ2n) is 7.71. The Morgan fingerprint density at radius 1 is 1.00 bits per heavy atom. The zero-order valence-corrected chi connectivity index (χ0v) is 19.2. The lowest BCUT2D eigenvalue weighted by Crippen LogP contribution is -2.48. The Morgan fingerprint density at radius 3 is 2.26 bits per heavy atom. The molecule has 168 valence electrons. The highest BCUT2D eigenvalue weighted by molar-refractivity contribution is 7.89. The number of carbonyl (C=O) groups excluding carboxylic acids is 1. The number of benzene rings is 1. The van der Waals surface area contributed by atoms with E-state index in [-0.39, 0.29) is 5.91 Å². The summed E-state index contributed by atoms with van der Waals surface area (Å²) in [6.45, 7) is 8.53. The third kappa shape index (κ3) is 6.12. The lowest BCUT2D eigenvalue weighted by molar-refractivity contribution is -0.133. The molecule has 2 heterocycles. The van der Waals surface area contributed by atoms with Gasteiger partial charge < -0.3 is 4.90 Å².